The van der Waals surface area contributed by atoms with Gasteiger partial charge in [-0.15, -0.1) is 0 Å². The number of carbonyl (C=O) groups excluding carboxylic acids is 2. The van der Waals surface area contributed by atoms with Crippen LogP contribution >= 0.6 is 0 Å². The fraction of sp³-hybridized carbons (Fsp3) is 0.600. The number of ether oxygens (including phenoxy) is 3. The first kappa shape index (κ1) is 20.2. The predicted molar refractivity (Wildman–Crippen MR) is 97.6 cm³/mol. The summed E-state index contributed by atoms with van der Waals surface area (Å²) in [5.41, 5.74) is 0.494. The van der Waals surface area contributed by atoms with Gasteiger partial charge < -0.3 is 14.2 Å². The lowest BCUT2D eigenvalue weighted by atomic mass is 9.93. The summed E-state index contributed by atoms with van der Waals surface area (Å²) >= 11 is 0. The van der Waals surface area contributed by atoms with Crippen molar-refractivity contribution in [3.8, 4) is 0 Å². The Balaban J connectivity index is 1.94. The highest BCUT2D eigenvalue weighted by atomic mass is 16.6. The second-order valence-electron chi connectivity index (χ2n) is 7.62. The van der Waals surface area contributed by atoms with Crippen molar-refractivity contribution >= 4 is 12.1 Å². The Morgan fingerprint density at radius 3 is 2.46 bits per heavy atom. The lowest BCUT2D eigenvalue weighted by Gasteiger charge is -2.38. The van der Waals surface area contributed by atoms with Crippen LogP contribution in [-0.2, 0) is 25.6 Å². The van der Waals surface area contributed by atoms with E-state index in [2.05, 4.69) is 0 Å². The molecule has 1 amide bonds. The van der Waals surface area contributed by atoms with Gasteiger partial charge in [-0.25, -0.2) is 9.59 Å². The molecule has 2 atom stereocenters. The minimum Gasteiger partial charge on any atom is -0.467 e. The average molecular weight is 363 g/mol. The number of benzene rings is 1. The molecule has 1 aromatic carbocycles. The monoisotopic (exact) mass is 363 g/mol. The van der Waals surface area contributed by atoms with Gasteiger partial charge >= 0.3 is 12.1 Å². The molecule has 0 radical (unpaired) electrons. The minimum atomic E-state index is -0.617. The predicted octanol–water partition coefficient (Wildman–Crippen LogP) is 3.39. The van der Waals surface area contributed by atoms with Crippen molar-refractivity contribution in [2.24, 2.45) is 5.92 Å². The summed E-state index contributed by atoms with van der Waals surface area (Å²) in [5.74, 6) is -0.244. The van der Waals surface area contributed by atoms with E-state index >= 15 is 0 Å². The highest BCUT2D eigenvalue weighted by molar-refractivity contribution is 5.81. The Morgan fingerprint density at radius 2 is 1.85 bits per heavy atom. The van der Waals surface area contributed by atoms with Crippen LogP contribution in [0.3, 0.4) is 0 Å². The molecule has 6 nitrogen and oxygen atoms in total. The molecule has 0 N–H and O–H groups in total. The third-order valence-electron chi connectivity index (χ3n) is 4.25. The topological polar surface area (TPSA) is 65.1 Å². The molecule has 1 aliphatic heterocycles. The molecule has 1 aromatic rings. The van der Waals surface area contributed by atoms with Crippen molar-refractivity contribution in [2.75, 3.05) is 20.3 Å². The maximum Gasteiger partial charge on any atom is 0.411 e. The molecule has 26 heavy (non-hydrogen) atoms. The van der Waals surface area contributed by atoms with Crippen molar-refractivity contribution in [1.82, 2.24) is 4.90 Å². The fourth-order valence-electron chi connectivity index (χ4n) is 3.00. The van der Waals surface area contributed by atoms with Crippen LogP contribution in [0.4, 0.5) is 4.79 Å². The standard InChI is InChI=1S/C20H29NO5/c1-20(2,3)26-19(23)21-12-16(10-11-17(21)18(22)24-4)14-25-13-15-8-6-5-7-9-15/h5-9,16-17H,10-14H2,1-4H3/t16-,17+/m1/s1. The highest BCUT2D eigenvalue weighted by Crippen LogP contribution is 2.25. The molecule has 6 heteroatoms. The SMILES string of the molecule is COC(=O)[C@@H]1CC[C@@H](COCc2ccccc2)CN1C(=O)OC(C)(C)C. The average Bonchev–Trinajstić information content (AvgIpc) is 2.60. The van der Waals surface area contributed by atoms with Gasteiger partial charge in [0.15, 0.2) is 0 Å². The Morgan fingerprint density at radius 1 is 1.15 bits per heavy atom. The molecule has 0 aliphatic carbocycles. The van der Waals surface area contributed by atoms with E-state index in [1.54, 1.807) is 0 Å². The van der Waals surface area contributed by atoms with Crippen molar-refractivity contribution in [1.29, 1.82) is 0 Å². The van der Waals surface area contributed by atoms with Crippen LogP contribution < -0.4 is 0 Å². The van der Waals surface area contributed by atoms with Gasteiger partial charge in [-0.3, -0.25) is 4.90 Å². The molecule has 2 rings (SSSR count). The molecule has 0 aromatic heterocycles. The Bertz CT molecular complexity index is 596. The smallest absolute Gasteiger partial charge is 0.411 e. The van der Waals surface area contributed by atoms with Gasteiger partial charge in [0.05, 0.1) is 20.3 Å². The number of hydrogen-bond acceptors (Lipinski definition) is 5. The summed E-state index contributed by atoms with van der Waals surface area (Å²) in [6, 6.07) is 9.35. The van der Waals surface area contributed by atoms with E-state index in [-0.39, 0.29) is 5.92 Å². The zero-order valence-electron chi connectivity index (χ0n) is 16.1. The maximum absolute atomic E-state index is 12.5. The largest absolute Gasteiger partial charge is 0.467 e. The second-order valence-corrected chi connectivity index (χ2v) is 7.62. The van der Waals surface area contributed by atoms with E-state index in [1.807, 2.05) is 51.1 Å². The third-order valence-corrected chi connectivity index (χ3v) is 4.25. The van der Waals surface area contributed by atoms with Crippen LogP contribution in [0.25, 0.3) is 0 Å². The quantitative estimate of drug-likeness (QED) is 0.750. The number of hydrogen-bond donors (Lipinski definition) is 0. The van der Waals surface area contributed by atoms with Crippen LogP contribution in [0.15, 0.2) is 30.3 Å². The first-order valence-corrected chi connectivity index (χ1v) is 8.99. The van der Waals surface area contributed by atoms with Gasteiger partial charge in [-0.1, -0.05) is 30.3 Å². The molecular formula is C20H29NO5. The molecular weight excluding hydrogens is 334 g/mol. The van der Waals surface area contributed by atoms with Gasteiger partial charge in [-0.05, 0) is 39.2 Å². The summed E-state index contributed by atoms with van der Waals surface area (Å²) in [6.07, 6.45) is 0.861. The van der Waals surface area contributed by atoms with Gasteiger partial charge in [0, 0.05) is 12.5 Å². The van der Waals surface area contributed by atoms with E-state index in [1.165, 1.54) is 12.0 Å². The van der Waals surface area contributed by atoms with Gasteiger partial charge in [0.2, 0.25) is 0 Å². The Labute approximate surface area is 155 Å². The van der Waals surface area contributed by atoms with Gasteiger partial charge in [-0.2, -0.15) is 0 Å². The van der Waals surface area contributed by atoms with Gasteiger partial charge in [0.25, 0.3) is 0 Å². The molecule has 0 spiro atoms. The molecule has 0 bridgehead atoms. The molecule has 0 unspecified atom stereocenters. The number of rotatable bonds is 5. The Hall–Kier alpha value is -2.08. The molecule has 1 saturated heterocycles. The zero-order chi connectivity index (χ0) is 19.2. The van der Waals surface area contributed by atoms with E-state index in [0.717, 1.165) is 12.0 Å². The molecule has 1 aliphatic rings. The van der Waals surface area contributed by atoms with Crippen molar-refractivity contribution in [3.63, 3.8) is 0 Å². The lowest BCUT2D eigenvalue weighted by molar-refractivity contribution is -0.149. The van der Waals surface area contributed by atoms with Gasteiger partial charge in [0.1, 0.15) is 11.6 Å². The van der Waals surface area contributed by atoms with E-state index in [0.29, 0.717) is 26.2 Å². The molecule has 1 fully saturated rings. The van der Waals surface area contributed by atoms with Crippen LogP contribution in [-0.4, -0.2) is 48.9 Å². The highest BCUT2D eigenvalue weighted by Gasteiger charge is 2.38. The normalized spacial score (nSPS) is 20.5. The number of esters is 1. The van der Waals surface area contributed by atoms with E-state index in [9.17, 15) is 9.59 Å². The third kappa shape index (κ3) is 6.02. The Kier molecular flexibility index (Phi) is 7.03. The van der Waals surface area contributed by atoms with E-state index < -0.39 is 23.7 Å². The number of methoxy groups -OCH3 is 1. The van der Waals surface area contributed by atoms with Crippen molar-refractivity contribution in [2.45, 2.75) is 51.9 Å². The van der Waals surface area contributed by atoms with E-state index in [4.69, 9.17) is 14.2 Å². The molecule has 0 saturated carbocycles. The first-order chi connectivity index (χ1) is 12.3. The summed E-state index contributed by atoms with van der Waals surface area (Å²) in [6.45, 7) is 6.91. The summed E-state index contributed by atoms with van der Waals surface area (Å²) in [5, 5.41) is 0. The summed E-state index contributed by atoms with van der Waals surface area (Å²) in [7, 11) is 1.34. The zero-order valence-corrected chi connectivity index (χ0v) is 16.1. The summed E-state index contributed by atoms with van der Waals surface area (Å²) < 4.78 is 16.1. The maximum atomic E-state index is 12.5. The minimum absolute atomic E-state index is 0.159. The summed E-state index contributed by atoms with van der Waals surface area (Å²) in [4.78, 5) is 26.1. The number of amides is 1. The molecule has 1 heterocycles. The molecule has 144 valence electrons. The number of carbonyl (C=O) groups is 2. The van der Waals surface area contributed by atoms with Crippen molar-refractivity contribution in [3.05, 3.63) is 35.9 Å². The van der Waals surface area contributed by atoms with Crippen molar-refractivity contribution < 1.29 is 23.8 Å². The number of piperidine rings is 1. The number of likely N-dealkylation sites (tertiary alicyclic amines) is 1. The fourth-order valence-corrected chi connectivity index (χ4v) is 3.00. The number of nitrogens with zero attached hydrogens (tertiary/aromatic N) is 1. The van der Waals surface area contributed by atoms with Crippen LogP contribution in [0.5, 0.6) is 0 Å². The lowest BCUT2D eigenvalue weighted by Crippen LogP contribution is -2.53. The van der Waals surface area contributed by atoms with Crippen LogP contribution in [0.1, 0.15) is 39.2 Å². The van der Waals surface area contributed by atoms with Crippen LogP contribution in [0, 0.1) is 5.92 Å². The first-order valence-electron chi connectivity index (χ1n) is 8.99. The second kappa shape index (κ2) is 9.03. The van der Waals surface area contributed by atoms with Crippen LogP contribution in [0.2, 0.25) is 0 Å².